The molecule has 0 fully saturated rings. The number of anilines is 2. The van der Waals surface area contributed by atoms with Gasteiger partial charge >= 0.3 is 15.5 Å². The van der Waals surface area contributed by atoms with Crippen LogP contribution >= 0.6 is 0 Å². The third-order valence-electron chi connectivity index (χ3n) is 5.51. The summed E-state index contributed by atoms with van der Waals surface area (Å²) in [5.41, 5.74) is -4.64. The highest BCUT2D eigenvalue weighted by Gasteiger charge is 2.46. The molecule has 198 valence electrons. The molecule has 1 unspecified atom stereocenters. The number of rotatable bonds is 6. The molecule has 0 bridgehead atoms. The molecule has 0 saturated heterocycles. The van der Waals surface area contributed by atoms with E-state index < -0.39 is 39.0 Å². The molecule has 1 aliphatic rings. The number of carbonyl (C=O) groups is 1. The molecule has 1 amide bonds. The van der Waals surface area contributed by atoms with Crippen molar-refractivity contribution in [1.29, 1.82) is 0 Å². The van der Waals surface area contributed by atoms with E-state index in [-0.39, 0.29) is 22.5 Å². The SMILES string of the molecule is CC1=NN(c2ccc(F)c(C)c2)C(=O)C1N=Nc1cccc(-c2cccc(NS(=O)(=O)C(F)(F)F)c2)c1O. The first kappa shape index (κ1) is 26.7. The first-order valence-electron chi connectivity index (χ1n) is 10.9. The third kappa shape index (κ3) is 5.20. The molecule has 9 nitrogen and oxygen atoms in total. The Balaban J connectivity index is 1.59. The number of hydrogen-bond acceptors (Lipinski definition) is 7. The number of hydrazone groups is 1. The van der Waals surface area contributed by atoms with Crippen molar-refractivity contribution in [3.05, 3.63) is 72.0 Å². The summed E-state index contributed by atoms with van der Waals surface area (Å²) in [6.07, 6.45) is 0. The number of benzene rings is 3. The van der Waals surface area contributed by atoms with E-state index in [1.165, 1.54) is 53.3 Å². The fraction of sp³-hybridized carbons (Fsp3) is 0.167. The highest BCUT2D eigenvalue weighted by atomic mass is 32.2. The van der Waals surface area contributed by atoms with Crippen molar-refractivity contribution in [3.63, 3.8) is 0 Å². The highest BCUT2D eigenvalue weighted by molar-refractivity contribution is 7.93. The van der Waals surface area contributed by atoms with Gasteiger partial charge in [-0.2, -0.15) is 41.9 Å². The number of aromatic hydroxyl groups is 1. The van der Waals surface area contributed by atoms with E-state index >= 15 is 0 Å². The molecule has 0 saturated carbocycles. The van der Waals surface area contributed by atoms with Crippen LogP contribution < -0.4 is 9.73 Å². The standard InChI is InChI=1S/C24H19F4N5O4S/c1-13-11-17(9-10-19(13)25)33-23(35)21(14(2)31-33)30-29-20-8-4-7-18(22(20)34)15-5-3-6-16(12-15)32-38(36,37)24(26,27)28/h3-12,21,32,34H,1-2H3. The molecule has 2 N–H and O–H groups in total. The summed E-state index contributed by atoms with van der Waals surface area (Å²) in [6.45, 7) is 3.10. The summed E-state index contributed by atoms with van der Waals surface area (Å²) in [4.78, 5) is 12.9. The van der Waals surface area contributed by atoms with Gasteiger partial charge in [-0.3, -0.25) is 9.52 Å². The minimum absolute atomic E-state index is 0.0551. The minimum atomic E-state index is -5.64. The lowest BCUT2D eigenvalue weighted by Crippen LogP contribution is -2.29. The lowest BCUT2D eigenvalue weighted by Gasteiger charge is -2.13. The van der Waals surface area contributed by atoms with Crippen molar-refractivity contribution >= 4 is 38.7 Å². The summed E-state index contributed by atoms with van der Waals surface area (Å²) in [7, 11) is -5.64. The van der Waals surface area contributed by atoms with Gasteiger partial charge in [0.15, 0.2) is 11.8 Å². The summed E-state index contributed by atoms with van der Waals surface area (Å²) in [6, 6.07) is 12.3. The Morgan fingerprint density at radius 1 is 1.05 bits per heavy atom. The van der Waals surface area contributed by atoms with Crippen molar-refractivity contribution in [2.24, 2.45) is 15.3 Å². The van der Waals surface area contributed by atoms with Gasteiger partial charge in [-0.15, -0.1) is 0 Å². The van der Waals surface area contributed by atoms with Gasteiger partial charge in [0.2, 0.25) is 0 Å². The van der Waals surface area contributed by atoms with Gasteiger partial charge in [0.1, 0.15) is 11.5 Å². The Morgan fingerprint density at radius 3 is 2.45 bits per heavy atom. The van der Waals surface area contributed by atoms with Gasteiger partial charge in [0.05, 0.1) is 11.4 Å². The fourth-order valence-corrected chi connectivity index (χ4v) is 4.12. The second-order valence-corrected chi connectivity index (χ2v) is 9.92. The van der Waals surface area contributed by atoms with Crippen LogP contribution in [-0.2, 0) is 14.8 Å². The van der Waals surface area contributed by atoms with Crippen LogP contribution in [0.3, 0.4) is 0 Å². The molecule has 1 heterocycles. The van der Waals surface area contributed by atoms with Gasteiger partial charge < -0.3 is 5.11 Å². The second kappa shape index (κ2) is 9.85. The van der Waals surface area contributed by atoms with E-state index in [0.717, 1.165) is 17.1 Å². The molecule has 0 spiro atoms. The topological polar surface area (TPSA) is 124 Å². The molecule has 0 radical (unpaired) electrons. The van der Waals surface area contributed by atoms with E-state index in [1.54, 1.807) is 13.8 Å². The molecule has 14 heteroatoms. The van der Waals surface area contributed by atoms with Gasteiger partial charge in [0.25, 0.3) is 5.91 Å². The highest BCUT2D eigenvalue weighted by Crippen LogP contribution is 2.39. The molecule has 1 aliphatic heterocycles. The average Bonchev–Trinajstić information content (AvgIpc) is 3.12. The summed E-state index contributed by atoms with van der Waals surface area (Å²) in [5, 5.41) is 24.0. The van der Waals surface area contributed by atoms with Gasteiger partial charge in [0, 0.05) is 11.3 Å². The largest absolute Gasteiger partial charge is 0.516 e. The first-order chi connectivity index (χ1) is 17.8. The fourth-order valence-electron chi connectivity index (χ4n) is 3.56. The van der Waals surface area contributed by atoms with Crippen molar-refractivity contribution in [1.82, 2.24) is 0 Å². The van der Waals surface area contributed by atoms with Gasteiger partial charge in [-0.05, 0) is 61.4 Å². The van der Waals surface area contributed by atoms with Crippen LogP contribution in [0.15, 0.2) is 76.0 Å². The predicted molar refractivity (Wildman–Crippen MR) is 132 cm³/mol. The molecule has 38 heavy (non-hydrogen) atoms. The zero-order valence-electron chi connectivity index (χ0n) is 19.7. The van der Waals surface area contributed by atoms with Crippen molar-refractivity contribution in [2.75, 3.05) is 9.73 Å². The lowest BCUT2D eigenvalue weighted by molar-refractivity contribution is -0.117. The van der Waals surface area contributed by atoms with Gasteiger partial charge in [-0.25, -0.2) is 4.39 Å². The summed E-state index contributed by atoms with van der Waals surface area (Å²) >= 11 is 0. The maximum Gasteiger partial charge on any atom is 0.516 e. The number of aryl methyl sites for hydroxylation is 1. The number of azo groups is 1. The van der Waals surface area contributed by atoms with Gasteiger partial charge in [-0.1, -0.05) is 24.3 Å². The zero-order chi connectivity index (χ0) is 27.8. The second-order valence-electron chi connectivity index (χ2n) is 8.25. The first-order valence-corrected chi connectivity index (χ1v) is 12.3. The van der Waals surface area contributed by atoms with Crippen LogP contribution in [0.5, 0.6) is 5.75 Å². The maximum absolute atomic E-state index is 13.6. The Hall–Kier alpha value is -4.33. The van der Waals surface area contributed by atoms with Crippen molar-refractivity contribution in [2.45, 2.75) is 25.4 Å². The molecule has 3 aromatic rings. The Morgan fingerprint density at radius 2 is 1.76 bits per heavy atom. The van der Waals surface area contributed by atoms with Crippen LogP contribution in [0.2, 0.25) is 0 Å². The van der Waals surface area contributed by atoms with Crippen LogP contribution in [0.25, 0.3) is 11.1 Å². The number of carbonyl (C=O) groups excluding carboxylic acids is 1. The molecule has 4 rings (SSSR count). The normalized spacial score (nSPS) is 16.3. The molecular formula is C24H19F4N5O4S. The van der Waals surface area contributed by atoms with E-state index in [0.29, 0.717) is 17.0 Å². The van der Waals surface area contributed by atoms with E-state index in [9.17, 15) is 35.9 Å². The summed E-state index contributed by atoms with van der Waals surface area (Å²) < 4.78 is 76.1. The monoisotopic (exact) mass is 549 g/mol. The number of amides is 1. The smallest absolute Gasteiger partial charge is 0.505 e. The van der Waals surface area contributed by atoms with E-state index in [1.807, 2.05) is 0 Å². The predicted octanol–water partition coefficient (Wildman–Crippen LogP) is 5.64. The quantitative estimate of drug-likeness (QED) is 0.305. The van der Waals surface area contributed by atoms with E-state index in [4.69, 9.17) is 0 Å². The molecule has 0 aromatic heterocycles. The zero-order valence-corrected chi connectivity index (χ0v) is 20.5. The average molecular weight is 550 g/mol. The number of nitrogens with one attached hydrogen (secondary N) is 1. The van der Waals surface area contributed by atoms with E-state index in [2.05, 4.69) is 15.3 Å². The number of alkyl halides is 3. The van der Waals surface area contributed by atoms with Crippen molar-refractivity contribution < 1.29 is 35.9 Å². The van der Waals surface area contributed by atoms with Crippen molar-refractivity contribution in [3.8, 4) is 16.9 Å². The van der Waals surface area contributed by atoms with Crippen LogP contribution in [0, 0.1) is 12.7 Å². The molecule has 1 atom stereocenters. The summed E-state index contributed by atoms with van der Waals surface area (Å²) in [5.74, 6) is -1.38. The maximum atomic E-state index is 13.6. The molecular weight excluding hydrogens is 530 g/mol. The number of nitrogens with zero attached hydrogens (tertiary/aromatic N) is 4. The Kier molecular flexibility index (Phi) is 6.93. The number of phenolic OH excluding ortho intramolecular Hbond substituents is 1. The van der Waals surface area contributed by atoms with Crippen LogP contribution in [0.1, 0.15) is 12.5 Å². The van der Waals surface area contributed by atoms with Crippen LogP contribution in [-0.4, -0.2) is 36.7 Å². The van der Waals surface area contributed by atoms with Crippen LogP contribution in [0.4, 0.5) is 34.6 Å². The molecule has 3 aromatic carbocycles. The number of para-hydroxylation sites is 1. The number of halogens is 4. The lowest BCUT2D eigenvalue weighted by atomic mass is 10.0. The number of phenols is 1. The number of hydrogen-bond donors (Lipinski definition) is 2. The minimum Gasteiger partial charge on any atom is -0.505 e. The Bertz CT molecular complexity index is 1590. The Labute approximate surface area is 214 Å². The molecule has 0 aliphatic carbocycles. The third-order valence-corrected chi connectivity index (χ3v) is 6.62. The number of sulfonamides is 1.